The average Bonchev–Trinajstić information content (AvgIpc) is 2.05. The summed E-state index contributed by atoms with van der Waals surface area (Å²) >= 11 is 3.94. The number of aromatic nitrogens is 2. The second-order valence-electron chi connectivity index (χ2n) is 1.94. The predicted octanol–water partition coefficient (Wildman–Crippen LogP) is -0.0672. The first-order chi connectivity index (χ1) is 5.22. The molecule has 5 heteroatoms. The molecule has 2 N–H and O–H groups in total. The summed E-state index contributed by atoms with van der Waals surface area (Å²) in [6, 6.07) is 0. The Kier molecular flexibility index (Phi) is 2.43. The minimum Gasteiger partial charge on any atom is -0.368 e. The molecule has 11 heavy (non-hydrogen) atoms. The van der Waals surface area contributed by atoms with Crippen LogP contribution in [0.2, 0.25) is 0 Å². The average molecular weight is 169 g/mol. The highest BCUT2D eigenvalue weighted by Gasteiger charge is 2.12. The van der Waals surface area contributed by atoms with Gasteiger partial charge in [-0.3, -0.25) is 14.8 Å². The second-order valence-corrected chi connectivity index (χ2v) is 2.45. The fourth-order valence-electron chi connectivity index (χ4n) is 0.598. The molecular formula is C6H7N3OS. The first kappa shape index (κ1) is 8.00. The summed E-state index contributed by atoms with van der Waals surface area (Å²) in [5.41, 5.74) is 5.46. The van der Waals surface area contributed by atoms with Gasteiger partial charge in [0, 0.05) is 12.4 Å². The van der Waals surface area contributed by atoms with E-state index in [9.17, 15) is 4.79 Å². The monoisotopic (exact) mass is 169 g/mol. The third-order valence-corrected chi connectivity index (χ3v) is 1.65. The van der Waals surface area contributed by atoms with Gasteiger partial charge in [0.25, 0.3) is 0 Å². The van der Waals surface area contributed by atoms with Gasteiger partial charge in [-0.15, -0.1) is 0 Å². The quantitative estimate of drug-likeness (QED) is 0.609. The van der Waals surface area contributed by atoms with Crippen LogP contribution in [0.15, 0.2) is 18.6 Å². The number of nitrogens with two attached hydrogens (primary N) is 1. The van der Waals surface area contributed by atoms with Crippen molar-refractivity contribution in [1.82, 2.24) is 9.97 Å². The van der Waals surface area contributed by atoms with Gasteiger partial charge in [-0.1, -0.05) is 0 Å². The Morgan fingerprint density at radius 2 is 2.36 bits per heavy atom. The standard InChI is InChI=1S/C6H7N3OS/c7-6(10)5(11)4-3-8-1-2-9-4/h1-3,5,11H,(H2,7,10). The van der Waals surface area contributed by atoms with Gasteiger partial charge in [0.1, 0.15) is 5.25 Å². The zero-order valence-electron chi connectivity index (χ0n) is 5.64. The van der Waals surface area contributed by atoms with Crippen LogP contribution in [0.3, 0.4) is 0 Å². The van der Waals surface area contributed by atoms with E-state index >= 15 is 0 Å². The Labute approximate surface area is 69.3 Å². The van der Waals surface area contributed by atoms with Crippen molar-refractivity contribution in [2.75, 3.05) is 0 Å². The molecule has 0 saturated carbocycles. The molecule has 1 aromatic rings. The first-order valence-electron chi connectivity index (χ1n) is 2.95. The van der Waals surface area contributed by atoms with E-state index in [1.54, 1.807) is 0 Å². The fourth-order valence-corrected chi connectivity index (χ4v) is 0.731. The number of hydrogen-bond donors (Lipinski definition) is 2. The Morgan fingerprint density at radius 1 is 1.64 bits per heavy atom. The van der Waals surface area contributed by atoms with E-state index in [-0.39, 0.29) is 0 Å². The van der Waals surface area contributed by atoms with Crippen LogP contribution in [-0.4, -0.2) is 15.9 Å². The molecule has 0 aromatic carbocycles. The second kappa shape index (κ2) is 3.34. The predicted molar refractivity (Wildman–Crippen MR) is 43.0 cm³/mol. The molecule has 0 saturated heterocycles. The van der Waals surface area contributed by atoms with Gasteiger partial charge in [0.05, 0.1) is 11.9 Å². The number of carbonyl (C=O) groups is 1. The van der Waals surface area contributed by atoms with Gasteiger partial charge in [-0.05, 0) is 0 Å². The van der Waals surface area contributed by atoms with E-state index < -0.39 is 11.2 Å². The molecule has 0 aliphatic rings. The molecule has 4 nitrogen and oxygen atoms in total. The molecule has 1 heterocycles. The van der Waals surface area contributed by atoms with E-state index in [0.717, 1.165) is 0 Å². The van der Waals surface area contributed by atoms with E-state index in [0.29, 0.717) is 5.69 Å². The van der Waals surface area contributed by atoms with E-state index in [1.165, 1.54) is 18.6 Å². The topological polar surface area (TPSA) is 68.9 Å². The van der Waals surface area contributed by atoms with Gasteiger partial charge >= 0.3 is 0 Å². The number of nitrogens with zero attached hydrogens (tertiary/aromatic N) is 2. The van der Waals surface area contributed by atoms with Crippen LogP contribution in [0.25, 0.3) is 0 Å². The van der Waals surface area contributed by atoms with Crippen LogP contribution in [0.1, 0.15) is 10.9 Å². The summed E-state index contributed by atoms with van der Waals surface area (Å²) in [5, 5.41) is -0.663. The maximum Gasteiger partial charge on any atom is 0.236 e. The molecule has 0 aliphatic carbocycles. The molecule has 1 rings (SSSR count). The largest absolute Gasteiger partial charge is 0.368 e. The Morgan fingerprint density at radius 3 is 2.82 bits per heavy atom. The summed E-state index contributed by atoms with van der Waals surface area (Å²) in [6.07, 6.45) is 4.47. The van der Waals surface area contributed by atoms with Crippen molar-refractivity contribution in [3.05, 3.63) is 24.3 Å². The molecule has 0 radical (unpaired) electrons. The van der Waals surface area contributed by atoms with Crippen molar-refractivity contribution in [3.63, 3.8) is 0 Å². The van der Waals surface area contributed by atoms with Gasteiger partial charge in [0.15, 0.2) is 0 Å². The Hall–Kier alpha value is -1.10. The van der Waals surface area contributed by atoms with Crippen LogP contribution in [0.4, 0.5) is 0 Å². The summed E-state index contributed by atoms with van der Waals surface area (Å²) < 4.78 is 0. The van der Waals surface area contributed by atoms with E-state index in [4.69, 9.17) is 5.73 Å². The number of amides is 1. The Balaban J connectivity index is 2.85. The summed E-state index contributed by atoms with van der Waals surface area (Å²) in [4.78, 5) is 18.2. The lowest BCUT2D eigenvalue weighted by Crippen LogP contribution is -2.18. The summed E-state index contributed by atoms with van der Waals surface area (Å²) in [7, 11) is 0. The van der Waals surface area contributed by atoms with Crippen molar-refractivity contribution < 1.29 is 4.79 Å². The number of rotatable bonds is 2. The third kappa shape index (κ3) is 1.91. The van der Waals surface area contributed by atoms with Crippen LogP contribution < -0.4 is 5.73 Å². The van der Waals surface area contributed by atoms with Crippen molar-refractivity contribution in [3.8, 4) is 0 Å². The molecule has 0 bridgehead atoms. The molecule has 0 aliphatic heterocycles. The number of thiol groups is 1. The first-order valence-corrected chi connectivity index (χ1v) is 3.46. The molecule has 0 fully saturated rings. The number of hydrogen-bond acceptors (Lipinski definition) is 4. The van der Waals surface area contributed by atoms with Gasteiger partial charge in [0.2, 0.25) is 5.91 Å². The van der Waals surface area contributed by atoms with Crippen LogP contribution in [0, 0.1) is 0 Å². The van der Waals surface area contributed by atoms with E-state index in [1.807, 2.05) is 0 Å². The minimum atomic E-state index is -0.663. The fraction of sp³-hybridized carbons (Fsp3) is 0.167. The summed E-state index contributed by atoms with van der Waals surface area (Å²) in [5.74, 6) is -0.520. The van der Waals surface area contributed by atoms with Gasteiger partial charge in [-0.2, -0.15) is 12.6 Å². The van der Waals surface area contributed by atoms with Crippen molar-refractivity contribution in [2.45, 2.75) is 5.25 Å². The lowest BCUT2D eigenvalue weighted by molar-refractivity contribution is -0.117. The molecule has 1 unspecified atom stereocenters. The highest BCUT2D eigenvalue weighted by atomic mass is 32.1. The lowest BCUT2D eigenvalue weighted by Gasteiger charge is -2.02. The van der Waals surface area contributed by atoms with Crippen LogP contribution >= 0.6 is 12.6 Å². The van der Waals surface area contributed by atoms with Crippen LogP contribution in [0.5, 0.6) is 0 Å². The SMILES string of the molecule is NC(=O)C(S)c1cnccn1. The summed E-state index contributed by atoms with van der Waals surface area (Å²) in [6.45, 7) is 0. The van der Waals surface area contributed by atoms with Crippen LogP contribution in [-0.2, 0) is 4.79 Å². The highest BCUT2D eigenvalue weighted by molar-refractivity contribution is 7.81. The number of primary amides is 1. The maximum absolute atomic E-state index is 10.6. The molecular weight excluding hydrogens is 162 g/mol. The Bertz CT molecular complexity index is 251. The smallest absolute Gasteiger partial charge is 0.236 e. The lowest BCUT2D eigenvalue weighted by atomic mass is 10.3. The number of carbonyl (C=O) groups excluding carboxylic acids is 1. The zero-order chi connectivity index (χ0) is 8.27. The van der Waals surface area contributed by atoms with Gasteiger partial charge in [-0.25, -0.2) is 0 Å². The third-order valence-electron chi connectivity index (χ3n) is 1.13. The van der Waals surface area contributed by atoms with Gasteiger partial charge < -0.3 is 5.73 Å². The zero-order valence-corrected chi connectivity index (χ0v) is 6.53. The minimum absolute atomic E-state index is 0.475. The van der Waals surface area contributed by atoms with E-state index in [2.05, 4.69) is 22.6 Å². The van der Waals surface area contributed by atoms with Crippen molar-refractivity contribution >= 4 is 18.5 Å². The highest BCUT2D eigenvalue weighted by Crippen LogP contribution is 2.14. The maximum atomic E-state index is 10.6. The molecule has 1 atom stereocenters. The van der Waals surface area contributed by atoms with Crippen molar-refractivity contribution in [1.29, 1.82) is 0 Å². The normalized spacial score (nSPS) is 12.5. The van der Waals surface area contributed by atoms with Crippen molar-refractivity contribution in [2.24, 2.45) is 5.73 Å². The molecule has 58 valence electrons. The molecule has 1 amide bonds. The molecule has 0 spiro atoms. The molecule has 1 aromatic heterocycles.